The molecule has 1 atom stereocenters. The molecule has 1 unspecified atom stereocenters. The van der Waals surface area contributed by atoms with E-state index in [-0.39, 0.29) is 17.9 Å². The van der Waals surface area contributed by atoms with E-state index < -0.39 is 11.7 Å². The number of oxazole rings is 1. The van der Waals surface area contributed by atoms with Gasteiger partial charge < -0.3 is 18.8 Å². The second-order valence-corrected chi connectivity index (χ2v) is 12.9. The van der Waals surface area contributed by atoms with E-state index >= 15 is 0 Å². The fourth-order valence-corrected chi connectivity index (χ4v) is 5.40. The van der Waals surface area contributed by atoms with Gasteiger partial charge in [0.15, 0.2) is 0 Å². The second kappa shape index (κ2) is 13.1. The van der Waals surface area contributed by atoms with Gasteiger partial charge in [-0.3, -0.25) is 14.7 Å². The third-order valence-electron chi connectivity index (χ3n) is 8.33. The number of carbonyl (C=O) groups excluding carboxylic acids is 2. The lowest BCUT2D eigenvalue weighted by atomic mass is 9.68. The summed E-state index contributed by atoms with van der Waals surface area (Å²) in [6.07, 6.45) is 2.88. The van der Waals surface area contributed by atoms with Crippen LogP contribution in [-0.4, -0.2) is 57.0 Å². The van der Waals surface area contributed by atoms with E-state index in [0.717, 1.165) is 17.0 Å². The maximum Gasteiger partial charge on any atom is 0.410 e. The number of pyridine rings is 1. The number of piperazine rings is 1. The SMILES string of the molecule is CC(C)C(C)(c1ccc(OCc2ccccn2)cc1)c1ccc(-c2nc(CN3CCN(C(=O)OC(C)(C)C)CC3=O)co2)cc1. The Morgan fingerprint density at radius 1 is 0.933 bits per heavy atom. The summed E-state index contributed by atoms with van der Waals surface area (Å²) < 4.78 is 17.2. The van der Waals surface area contributed by atoms with E-state index in [1.807, 2.05) is 63.2 Å². The average Bonchev–Trinajstić information content (AvgIpc) is 3.49. The van der Waals surface area contributed by atoms with E-state index in [1.54, 1.807) is 17.4 Å². The Morgan fingerprint density at radius 3 is 2.22 bits per heavy atom. The molecule has 45 heavy (non-hydrogen) atoms. The zero-order valence-corrected chi connectivity index (χ0v) is 26.9. The normalized spacial score (nSPS) is 15.2. The van der Waals surface area contributed by atoms with E-state index in [9.17, 15) is 9.59 Å². The van der Waals surface area contributed by atoms with Crippen LogP contribution in [0.2, 0.25) is 0 Å². The third kappa shape index (κ3) is 7.53. The third-order valence-corrected chi connectivity index (χ3v) is 8.33. The number of carbonyl (C=O) groups is 2. The minimum absolute atomic E-state index is 0.0172. The molecule has 236 valence electrons. The number of ether oxygens (including phenoxy) is 2. The number of amides is 2. The van der Waals surface area contributed by atoms with Crippen LogP contribution in [0.3, 0.4) is 0 Å². The molecule has 2 aromatic heterocycles. The quantitative estimate of drug-likeness (QED) is 0.204. The van der Waals surface area contributed by atoms with Crippen LogP contribution >= 0.6 is 0 Å². The fourth-order valence-electron chi connectivity index (χ4n) is 5.40. The average molecular weight is 611 g/mol. The van der Waals surface area contributed by atoms with Gasteiger partial charge in [-0.05, 0) is 74.2 Å². The summed E-state index contributed by atoms with van der Waals surface area (Å²) in [7, 11) is 0. The molecule has 2 aromatic carbocycles. The molecule has 0 spiro atoms. The molecular weight excluding hydrogens is 568 g/mol. The maximum absolute atomic E-state index is 12.8. The molecule has 4 aromatic rings. The first kappa shape index (κ1) is 31.8. The van der Waals surface area contributed by atoms with Crippen LogP contribution < -0.4 is 4.74 Å². The van der Waals surface area contributed by atoms with Crippen LogP contribution in [0.4, 0.5) is 4.79 Å². The predicted octanol–water partition coefficient (Wildman–Crippen LogP) is 6.86. The molecule has 9 nitrogen and oxygen atoms in total. The number of hydrogen-bond donors (Lipinski definition) is 0. The van der Waals surface area contributed by atoms with Gasteiger partial charge in [-0.15, -0.1) is 0 Å². The van der Waals surface area contributed by atoms with Crippen molar-refractivity contribution in [3.8, 4) is 17.2 Å². The molecule has 0 radical (unpaired) electrons. The Bertz CT molecular complexity index is 1590. The van der Waals surface area contributed by atoms with Crippen molar-refractivity contribution in [1.82, 2.24) is 19.8 Å². The van der Waals surface area contributed by atoms with Crippen molar-refractivity contribution < 1.29 is 23.5 Å². The van der Waals surface area contributed by atoms with Gasteiger partial charge in [0.05, 0.1) is 17.9 Å². The van der Waals surface area contributed by atoms with Crippen LogP contribution in [0.5, 0.6) is 5.75 Å². The van der Waals surface area contributed by atoms with Crippen LogP contribution in [0.25, 0.3) is 11.5 Å². The van der Waals surface area contributed by atoms with E-state index in [0.29, 0.717) is 43.7 Å². The van der Waals surface area contributed by atoms with Gasteiger partial charge >= 0.3 is 6.09 Å². The van der Waals surface area contributed by atoms with Crippen molar-refractivity contribution >= 4 is 12.0 Å². The molecule has 0 N–H and O–H groups in total. The van der Waals surface area contributed by atoms with Crippen LogP contribution in [0.1, 0.15) is 64.1 Å². The second-order valence-electron chi connectivity index (χ2n) is 12.9. The summed E-state index contributed by atoms with van der Waals surface area (Å²) in [6.45, 7) is 13.7. The lowest BCUT2D eigenvalue weighted by Gasteiger charge is -2.35. The van der Waals surface area contributed by atoms with E-state index in [4.69, 9.17) is 13.9 Å². The van der Waals surface area contributed by atoms with Crippen LogP contribution in [-0.2, 0) is 28.1 Å². The molecular formula is C36H42N4O5. The molecule has 0 bridgehead atoms. The van der Waals surface area contributed by atoms with Gasteiger partial charge in [-0.1, -0.05) is 51.1 Å². The number of nitrogens with zero attached hydrogens (tertiary/aromatic N) is 4. The van der Waals surface area contributed by atoms with Gasteiger partial charge in [0, 0.05) is 30.3 Å². The van der Waals surface area contributed by atoms with Crippen molar-refractivity contribution in [2.75, 3.05) is 19.6 Å². The zero-order chi connectivity index (χ0) is 32.2. The summed E-state index contributed by atoms with van der Waals surface area (Å²) >= 11 is 0. The van der Waals surface area contributed by atoms with Crippen molar-refractivity contribution in [3.05, 3.63) is 102 Å². The minimum atomic E-state index is -0.609. The summed E-state index contributed by atoms with van der Waals surface area (Å²) in [5.74, 6) is 1.47. The molecule has 5 rings (SSSR count). The Balaban J connectivity index is 1.22. The first-order valence-corrected chi connectivity index (χ1v) is 15.4. The molecule has 1 saturated heterocycles. The monoisotopic (exact) mass is 610 g/mol. The topological polar surface area (TPSA) is 98.0 Å². The van der Waals surface area contributed by atoms with Gasteiger partial charge in [-0.25, -0.2) is 9.78 Å². The van der Waals surface area contributed by atoms with E-state index in [1.165, 1.54) is 16.0 Å². The molecule has 1 fully saturated rings. The van der Waals surface area contributed by atoms with Gasteiger partial charge in [0.2, 0.25) is 11.8 Å². The highest BCUT2D eigenvalue weighted by Crippen LogP contribution is 2.40. The number of rotatable bonds is 9. The number of hydrogen-bond acceptors (Lipinski definition) is 7. The first-order chi connectivity index (χ1) is 21.4. The zero-order valence-electron chi connectivity index (χ0n) is 26.9. The number of aromatic nitrogens is 2. The molecule has 2 amide bonds. The van der Waals surface area contributed by atoms with Crippen LogP contribution in [0.15, 0.2) is 83.6 Å². The smallest absolute Gasteiger partial charge is 0.410 e. The number of benzene rings is 2. The van der Waals surface area contributed by atoms with Crippen LogP contribution in [0, 0.1) is 5.92 Å². The maximum atomic E-state index is 12.8. The highest BCUT2D eigenvalue weighted by Gasteiger charge is 2.33. The molecule has 9 heteroatoms. The summed E-state index contributed by atoms with van der Waals surface area (Å²) in [4.78, 5) is 37.3. The lowest BCUT2D eigenvalue weighted by Crippen LogP contribution is -2.52. The Kier molecular flexibility index (Phi) is 9.27. The van der Waals surface area contributed by atoms with E-state index in [2.05, 4.69) is 55.0 Å². The molecule has 3 heterocycles. The van der Waals surface area contributed by atoms with Gasteiger partial charge in [-0.2, -0.15) is 0 Å². The lowest BCUT2D eigenvalue weighted by molar-refractivity contribution is -0.136. The van der Waals surface area contributed by atoms with Crippen molar-refractivity contribution in [3.63, 3.8) is 0 Å². The molecule has 1 aliphatic heterocycles. The van der Waals surface area contributed by atoms with Gasteiger partial charge in [0.1, 0.15) is 30.8 Å². The first-order valence-electron chi connectivity index (χ1n) is 15.4. The van der Waals surface area contributed by atoms with Crippen molar-refractivity contribution in [2.24, 2.45) is 5.92 Å². The van der Waals surface area contributed by atoms with Crippen molar-refractivity contribution in [1.29, 1.82) is 0 Å². The van der Waals surface area contributed by atoms with Gasteiger partial charge in [0.25, 0.3) is 0 Å². The predicted molar refractivity (Wildman–Crippen MR) is 171 cm³/mol. The summed E-state index contributed by atoms with van der Waals surface area (Å²) in [5, 5.41) is 0. The van der Waals surface area contributed by atoms with Crippen molar-refractivity contribution in [2.45, 2.75) is 65.7 Å². The Labute approximate surface area is 265 Å². The Morgan fingerprint density at radius 2 is 1.62 bits per heavy atom. The highest BCUT2D eigenvalue weighted by molar-refractivity contribution is 5.83. The highest BCUT2D eigenvalue weighted by atomic mass is 16.6. The standard InChI is InChI=1S/C36H42N4O5/c1-25(2)36(6,28-14-16-31(17-15-28)43-23-29-9-7-8-18-37-29)27-12-10-26(11-13-27)33-38-30(24-44-33)21-39-19-20-40(22-32(39)41)34(42)45-35(3,4)5/h7-18,24-25H,19-23H2,1-6H3. The Hall–Kier alpha value is -4.66. The molecule has 0 saturated carbocycles. The summed E-state index contributed by atoms with van der Waals surface area (Å²) in [5.41, 5.74) is 3.94. The fraction of sp³-hybridized carbons (Fsp3) is 0.389. The largest absolute Gasteiger partial charge is 0.487 e. The summed E-state index contributed by atoms with van der Waals surface area (Å²) in [6, 6.07) is 22.4. The molecule has 1 aliphatic rings. The minimum Gasteiger partial charge on any atom is -0.487 e. The molecule has 0 aliphatic carbocycles.